The van der Waals surface area contributed by atoms with Crippen molar-refractivity contribution in [3.63, 3.8) is 0 Å². The Hall–Kier alpha value is 0.680. The van der Waals surface area contributed by atoms with Crippen LogP contribution in [0.5, 0.6) is 0 Å². The molecular formula is C8H3BrClIS. The SMILES string of the molecule is Clc1ccc2c(Br)csc2c1I. The molecule has 0 aliphatic carbocycles. The third kappa shape index (κ3) is 1.41. The van der Waals surface area contributed by atoms with Crippen molar-refractivity contribution in [2.75, 3.05) is 0 Å². The highest BCUT2D eigenvalue weighted by Crippen LogP contribution is 2.36. The van der Waals surface area contributed by atoms with Crippen LogP contribution in [0.2, 0.25) is 5.02 Å². The molecule has 0 amide bonds. The molecule has 0 N–H and O–H groups in total. The fourth-order valence-corrected chi connectivity index (χ4v) is 3.68. The van der Waals surface area contributed by atoms with Crippen molar-refractivity contribution < 1.29 is 0 Å². The molecule has 12 heavy (non-hydrogen) atoms. The maximum Gasteiger partial charge on any atom is 0.0554 e. The van der Waals surface area contributed by atoms with E-state index in [4.69, 9.17) is 11.6 Å². The van der Waals surface area contributed by atoms with Crippen molar-refractivity contribution in [2.45, 2.75) is 0 Å². The van der Waals surface area contributed by atoms with Crippen LogP contribution < -0.4 is 0 Å². The van der Waals surface area contributed by atoms with Crippen LogP contribution in [0.25, 0.3) is 10.1 Å². The summed E-state index contributed by atoms with van der Waals surface area (Å²) in [5, 5.41) is 4.16. The summed E-state index contributed by atoms with van der Waals surface area (Å²) in [5.74, 6) is 0. The largest absolute Gasteiger partial charge is 0.141 e. The fraction of sp³-hybridized carbons (Fsp3) is 0. The summed E-state index contributed by atoms with van der Waals surface area (Å²) < 4.78 is 3.55. The molecule has 0 atom stereocenters. The molecule has 0 unspecified atom stereocenters. The van der Waals surface area contributed by atoms with Crippen molar-refractivity contribution in [3.05, 3.63) is 30.6 Å². The summed E-state index contributed by atoms with van der Waals surface area (Å²) in [7, 11) is 0. The van der Waals surface area contributed by atoms with Crippen LogP contribution in [-0.2, 0) is 0 Å². The van der Waals surface area contributed by atoms with E-state index in [1.807, 2.05) is 12.1 Å². The minimum Gasteiger partial charge on any atom is -0.141 e. The van der Waals surface area contributed by atoms with Gasteiger partial charge in [0.25, 0.3) is 0 Å². The second-order valence-corrected chi connectivity index (χ2v) is 5.54. The van der Waals surface area contributed by atoms with Gasteiger partial charge in [0.05, 0.1) is 9.72 Å². The maximum atomic E-state index is 5.98. The van der Waals surface area contributed by atoms with Gasteiger partial charge in [0.2, 0.25) is 0 Å². The molecule has 4 heteroatoms. The average Bonchev–Trinajstić information content (AvgIpc) is 2.41. The molecule has 0 aliphatic heterocycles. The zero-order valence-electron chi connectivity index (χ0n) is 5.77. The summed E-state index contributed by atoms with van der Waals surface area (Å²) in [6, 6.07) is 3.98. The lowest BCUT2D eigenvalue weighted by molar-refractivity contribution is 1.77. The Balaban J connectivity index is 2.93. The summed E-state index contributed by atoms with van der Waals surface area (Å²) >= 11 is 13.5. The monoisotopic (exact) mass is 372 g/mol. The molecule has 2 aromatic rings. The minimum absolute atomic E-state index is 0.831. The summed E-state index contributed by atoms with van der Waals surface area (Å²) in [6.07, 6.45) is 0. The highest BCUT2D eigenvalue weighted by atomic mass is 127. The van der Waals surface area contributed by atoms with Crippen LogP contribution in [0.3, 0.4) is 0 Å². The predicted octanol–water partition coefficient (Wildman–Crippen LogP) is 4.92. The number of thiophene rings is 1. The Labute approximate surface area is 101 Å². The van der Waals surface area contributed by atoms with Gasteiger partial charge in [-0.05, 0) is 44.6 Å². The Morgan fingerprint density at radius 2 is 2.17 bits per heavy atom. The minimum atomic E-state index is 0.831. The van der Waals surface area contributed by atoms with Gasteiger partial charge in [0.1, 0.15) is 0 Å². The quantitative estimate of drug-likeness (QED) is 0.575. The number of hydrogen-bond acceptors (Lipinski definition) is 1. The molecule has 0 bridgehead atoms. The lowest BCUT2D eigenvalue weighted by Gasteiger charge is -1.96. The fourth-order valence-electron chi connectivity index (χ4n) is 1.01. The molecule has 1 aromatic carbocycles. The van der Waals surface area contributed by atoms with E-state index in [-0.39, 0.29) is 0 Å². The van der Waals surface area contributed by atoms with E-state index in [0.29, 0.717) is 0 Å². The van der Waals surface area contributed by atoms with Gasteiger partial charge in [-0.15, -0.1) is 11.3 Å². The average molecular weight is 373 g/mol. The second kappa shape index (κ2) is 3.44. The lowest BCUT2D eigenvalue weighted by atomic mass is 10.3. The highest BCUT2D eigenvalue weighted by molar-refractivity contribution is 14.1. The molecule has 0 spiro atoms. The van der Waals surface area contributed by atoms with Crippen LogP contribution >= 0.6 is 61.5 Å². The van der Waals surface area contributed by atoms with E-state index in [1.165, 1.54) is 10.1 Å². The predicted molar refractivity (Wildman–Crippen MR) is 67.3 cm³/mol. The molecule has 0 fully saturated rings. The van der Waals surface area contributed by atoms with Crippen molar-refractivity contribution in [2.24, 2.45) is 0 Å². The molecule has 0 radical (unpaired) electrons. The topological polar surface area (TPSA) is 0 Å². The number of hydrogen-bond donors (Lipinski definition) is 0. The normalized spacial score (nSPS) is 10.9. The number of benzene rings is 1. The molecule has 62 valence electrons. The molecule has 1 heterocycles. The third-order valence-electron chi connectivity index (χ3n) is 1.59. The Kier molecular flexibility index (Phi) is 2.65. The Morgan fingerprint density at radius 3 is 2.92 bits per heavy atom. The summed E-state index contributed by atoms with van der Waals surface area (Å²) in [6.45, 7) is 0. The van der Waals surface area contributed by atoms with Gasteiger partial charge in [-0.1, -0.05) is 17.7 Å². The third-order valence-corrected chi connectivity index (χ3v) is 5.68. The van der Waals surface area contributed by atoms with Crippen LogP contribution in [0.4, 0.5) is 0 Å². The molecule has 0 nitrogen and oxygen atoms in total. The maximum absolute atomic E-state index is 5.98. The van der Waals surface area contributed by atoms with E-state index in [2.05, 4.69) is 43.9 Å². The molecule has 0 saturated heterocycles. The standard InChI is InChI=1S/C8H3BrClIS/c9-5-3-12-8-4(5)1-2-6(10)7(8)11/h1-3H. The van der Waals surface area contributed by atoms with Crippen LogP contribution in [-0.4, -0.2) is 0 Å². The van der Waals surface area contributed by atoms with Crippen LogP contribution in [0, 0.1) is 3.57 Å². The Bertz CT molecular complexity index is 438. The van der Waals surface area contributed by atoms with Gasteiger partial charge in [0.15, 0.2) is 0 Å². The number of halogens is 3. The van der Waals surface area contributed by atoms with E-state index in [9.17, 15) is 0 Å². The van der Waals surface area contributed by atoms with Crippen molar-refractivity contribution in [1.29, 1.82) is 0 Å². The number of fused-ring (bicyclic) bond motifs is 1. The van der Waals surface area contributed by atoms with Gasteiger partial charge in [0, 0.05) is 18.8 Å². The zero-order chi connectivity index (χ0) is 8.72. The van der Waals surface area contributed by atoms with E-state index in [0.717, 1.165) is 13.1 Å². The first-order chi connectivity index (χ1) is 5.70. The number of rotatable bonds is 0. The van der Waals surface area contributed by atoms with Crippen molar-refractivity contribution >= 4 is 71.5 Å². The van der Waals surface area contributed by atoms with Crippen LogP contribution in [0.1, 0.15) is 0 Å². The van der Waals surface area contributed by atoms with Gasteiger partial charge in [-0.3, -0.25) is 0 Å². The smallest absolute Gasteiger partial charge is 0.0554 e. The first-order valence-electron chi connectivity index (χ1n) is 3.21. The molecule has 0 saturated carbocycles. The second-order valence-electron chi connectivity index (χ2n) is 2.32. The van der Waals surface area contributed by atoms with Crippen LogP contribution in [0.15, 0.2) is 22.0 Å². The first-order valence-corrected chi connectivity index (χ1v) is 6.34. The highest BCUT2D eigenvalue weighted by Gasteiger charge is 2.06. The zero-order valence-corrected chi connectivity index (χ0v) is 11.1. The van der Waals surface area contributed by atoms with Gasteiger partial charge < -0.3 is 0 Å². The summed E-state index contributed by atoms with van der Waals surface area (Å²) in [5.41, 5.74) is 0. The first kappa shape index (κ1) is 9.24. The van der Waals surface area contributed by atoms with Crippen molar-refractivity contribution in [3.8, 4) is 0 Å². The van der Waals surface area contributed by atoms with Gasteiger partial charge in [-0.2, -0.15) is 0 Å². The summed E-state index contributed by atoms with van der Waals surface area (Å²) in [4.78, 5) is 0. The lowest BCUT2D eigenvalue weighted by Crippen LogP contribution is -1.73. The molecular weight excluding hydrogens is 370 g/mol. The van der Waals surface area contributed by atoms with Crippen molar-refractivity contribution in [1.82, 2.24) is 0 Å². The van der Waals surface area contributed by atoms with E-state index < -0.39 is 0 Å². The molecule has 2 rings (SSSR count). The van der Waals surface area contributed by atoms with Gasteiger partial charge in [-0.25, -0.2) is 0 Å². The molecule has 0 aliphatic rings. The van der Waals surface area contributed by atoms with E-state index >= 15 is 0 Å². The van der Waals surface area contributed by atoms with E-state index in [1.54, 1.807) is 11.3 Å². The van der Waals surface area contributed by atoms with Gasteiger partial charge >= 0.3 is 0 Å². The molecule has 1 aromatic heterocycles. The Morgan fingerprint density at radius 1 is 1.42 bits per heavy atom.